The van der Waals surface area contributed by atoms with E-state index in [1.165, 1.54) is 0 Å². The maximum Gasteiger partial charge on any atom is 0.326 e. The van der Waals surface area contributed by atoms with Crippen molar-refractivity contribution in [1.82, 2.24) is 34.9 Å². The van der Waals surface area contributed by atoms with E-state index in [1.807, 2.05) is 0 Å². The van der Waals surface area contributed by atoms with E-state index in [0.29, 0.717) is 34.5 Å². The van der Waals surface area contributed by atoms with Gasteiger partial charge < -0.3 is 20.3 Å². The van der Waals surface area contributed by atoms with E-state index in [4.69, 9.17) is 15.0 Å². The zero-order valence-corrected chi connectivity index (χ0v) is 16.3. The largest absolute Gasteiger partial charge is 0.493 e. The fourth-order valence-electron chi connectivity index (χ4n) is 3.70. The normalized spacial score (nSPS) is 24.0. The molecule has 3 aromatic rings. The molecule has 4 N–H and O–H groups in total. The van der Waals surface area contributed by atoms with Crippen molar-refractivity contribution in [1.29, 1.82) is 0 Å². The van der Waals surface area contributed by atoms with Gasteiger partial charge in [0.2, 0.25) is 11.8 Å². The van der Waals surface area contributed by atoms with Crippen molar-refractivity contribution < 1.29 is 5.11 Å². The lowest BCUT2D eigenvalue weighted by Crippen LogP contribution is -2.55. The lowest BCUT2D eigenvalue weighted by Gasteiger charge is -2.36. The molecule has 1 aliphatic carbocycles. The molecule has 1 aliphatic heterocycles. The summed E-state index contributed by atoms with van der Waals surface area (Å²) in [6.07, 6.45) is 5.38. The molecule has 4 heterocycles. The van der Waals surface area contributed by atoms with Crippen molar-refractivity contribution in [2.75, 3.05) is 18.0 Å². The van der Waals surface area contributed by atoms with Gasteiger partial charge >= 0.3 is 5.69 Å². The minimum absolute atomic E-state index is 0.226. The van der Waals surface area contributed by atoms with Gasteiger partial charge in [-0.25, -0.2) is 9.79 Å². The van der Waals surface area contributed by atoms with Crippen LogP contribution in [0.5, 0.6) is 5.88 Å². The monoisotopic (exact) mass is 397 g/mol. The molecule has 5 rings (SSSR count). The molecule has 0 aromatic carbocycles. The van der Waals surface area contributed by atoms with E-state index in [2.05, 4.69) is 39.1 Å². The summed E-state index contributed by atoms with van der Waals surface area (Å²) in [5.74, 6) is 0.385. The number of anilines is 1. The maximum absolute atomic E-state index is 11.4. The zero-order chi connectivity index (χ0) is 20.1. The zero-order valence-electron chi connectivity index (χ0n) is 16.3. The Kier molecular flexibility index (Phi) is 4.12. The van der Waals surface area contributed by atoms with Gasteiger partial charge in [0.1, 0.15) is 5.69 Å². The Hall–Kier alpha value is -3.21. The second-order valence-corrected chi connectivity index (χ2v) is 7.88. The van der Waals surface area contributed by atoms with E-state index in [0.717, 1.165) is 25.9 Å². The van der Waals surface area contributed by atoms with Crippen LogP contribution in [0.25, 0.3) is 11.7 Å². The van der Waals surface area contributed by atoms with Gasteiger partial charge in [-0.3, -0.25) is 4.98 Å². The van der Waals surface area contributed by atoms with Crippen molar-refractivity contribution >= 4 is 17.7 Å². The number of imidazole rings is 1. The predicted molar refractivity (Wildman–Crippen MR) is 106 cm³/mol. The molecule has 11 nitrogen and oxygen atoms in total. The topological polar surface area (TPSA) is 140 Å². The van der Waals surface area contributed by atoms with Gasteiger partial charge in [0.05, 0.1) is 12.2 Å². The van der Waals surface area contributed by atoms with Crippen LogP contribution in [0.4, 0.5) is 5.95 Å². The molecule has 152 valence electrons. The summed E-state index contributed by atoms with van der Waals surface area (Å²) in [5, 5.41) is 18.5. The van der Waals surface area contributed by atoms with E-state index in [-0.39, 0.29) is 17.6 Å². The average Bonchev–Trinajstić information content (AvgIpc) is 3.29. The smallest absolute Gasteiger partial charge is 0.326 e. The second-order valence-electron chi connectivity index (χ2n) is 7.88. The van der Waals surface area contributed by atoms with Crippen molar-refractivity contribution in [3.8, 4) is 5.88 Å². The molecule has 1 saturated carbocycles. The molecule has 29 heavy (non-hydrogen) atoms. The van der Waals surface area contributed by atoms with Gasteiger partial charge in [-0.15, -0.1) is 0 Å². The van der Waals surface area contributed by atoms with Gasteiger partial charge in [-0.2, -0.15) is 19.6 Å². The first kappa shape index (κ1) is 17.9. The number of hydrogen-bond donors (Lipinski definition) is 4. The number of nitrogens with zero attached hydrogens (tertiary/aromatic N) is 6. The summed E-state index contributed by atoms with van der Waals surface area (Å²) in [6, 6.07) is 0.920. The van der Waals surface area contributed by atoms with Crippen molar-refractivity contribution in [3.63, 3.8) is 0 Å². The van der Waals surface area contributed by atoms with Crippen LogP contribution < -0.4 is 26.7 Å². The number of rotatable bonds is 3. The first-order chi connectivity index (χ1) is 14.0. The second kappa shape index (κ2) is 6.69. The summed E-state index contributed by atoms with van der Waals surface area (Å²) in [5.41, 5.74) is 0.899. The molecule has 2 atom stereocenters. The number of aromatic hydroxyl groups is 1. The molecule has 0 bridgehead atoms. The Morgan fingerprint density at radius 1 is 1.21 bits per heavy atom. The molecule has 3 aromatic heterocycles. The molecule has 0 radical (unpaired) electrons. The average molecular weight is 397 g/mol. The molecular weight excluding hydrogens is 374 g/mol. The standard InChI is InChI=1S/C18H23N9O2/c1-9-7-26(8-10(2)20-9)16-23-14-11(5-13-15(28)24-18(29)22-13)6-19-27(14)17(25-16)21-12-3-4-12/h5-6,9-10,12,20,28H,3-4,7-8H2,1-2H3,(H2,22,24,29)/b11-5-,21-17?/t9-,10+. The quantitative estimate of drug-likeness (QED) is 0.428. The molecule has 0 unspecified atom stereocenters. The van der Waals surface area contributed by atoms with Crippen LogP contribution >= 0.6 is 0 Å². The first-order valence-electron chi connectivity index (χ1n) is 9.80. The highest BCUT2D eigenvalue weighted by atomic mass is 16.3. The lowest BCUT2D eigenvalue weighted by atomic mass is 10.1. The number of H-pyrrole nitrogens is 2. The fourth-order valence-corrected chi connectivity index (χ4v) is 3.70. The third-order valence-electron chi connectivity index (χ3n) is 5.09. The highest BCUT2D eigenvalue weighted by Crippen LogP contribution is 2.22. The van der Waals surface area contributed by atoms with Crippen LogP contribution in [0, 0.1) is 0 Å². The van der Waals surface area contributed by atoms with Crippen molar-refractivity contribution in [3.05, 3.63) is 33.2 Å². The third kappa shape index (κ3) is 3.48. The van der Waals surface area contributed by atoms with E-state index in [1.54, 1.807) is 16.8 Å². The van der Waals surface area contributed by atoms with E-state index >= 15 is 0 Å². The lowest BCUT2D eigenvalue weighted by molar-refractivity contribution is 0.402. The number of piperazine rings is 1. The summed E-state index contributed by atoms with van der Waals surface area (Å²) in [7, 11) is 0. The van der Waals surface area contributed by atoms with Gasteiger partial charge in [-0.05, 0) is 32.8 Å². The Bertz CT molecular complexity index is 1230. The minimum atomic E-state index is -0.478. The molecule has 2 aliphatic rings. The molecule has 1 saturated heterocycles. The minimum Gasteiger partial charge on any atom is -0.493 e. The summed E-state index contributed by atoms with van der Waals surface area (Å²) < 4.78 is 1.62. The third-order valence-corrected chi connectivity index (χ3v) is 5.09. The first-order valence-corrected chi connectivity index (χ1v) is 9.80. The van der Waals surface area contributed by atoms with Crippen LogP contribution in [-0.2, 0) is 0 Å². The van der Waals surface area contributed by atoms with E-state index in [9.17, 15) is 9.90 Å². The molecule has 0 amide bonds. The van der Waals surface area contributed by atoms with Crippen LogP contribution in [0.15, 0.2) is 16.0 Å². The number of aromatic nitrogens is 6. The Morgan fingerprint density at radius 2 is 1.97 bits per heavy atom. The van der Waals surface area contributed by atoms with Gasteiger partial charge in [0, 0.05) is 30.4 Å². The summed E-state index contributed by atoms with van der Waals surface area (Å²) >= 11 is 0. The predicted octanol–water partition coefficient (Wildman–Crippen LogP) is -1.36. The number of hydrogen-bond acceptors (Lipinski definition) is 8. The SMILES string of the molecule is C[C@@H]1CN(c2nc(=NC3CC3)n3nc/c(=C/c4[nH]c(=O)[nH]c4O)c3n2)C[C@H](C)N1. The fraction of sp³-hybridized carbons (Fsp3) is 0.500. The van der Waals surface area contributed by atoms with Gasteiger partial charge in [0.25, 0.3) is 5.62 Å². The van der Waals surface area contributed by atoms with Crippen LogP contribution in [0.1, 0.15) is 32.4 Å². The highest BCUT2D eigenvalue weighted by Gasteiger charge is 2.25. The summed E-state index contributed by atoms with van der Waals surface area (Å²) in [4.78, 5) is 32.6. The highest BCUT2D eigenvalue weighted by molar-refractivity contribution is 5.57. The van der Waals surface area contributed by atoms with Crippen molar-refractivity contribution in [2.24, 2.45) is 4.99 Å². The maximum atomic E-state index is 11.4. The molecule has 2 fully saturated rings. The van der Waals surface area contributed by atoms with Crippen LogP contribution in [0.2, 0.25) is 0 Å². The van der Waals surface area contributed by atoms with Gasteiger partial charge in [0.15, 0.2) is 5.65 Å². The Morgan fingerprint density at radius 3 is 2.62 bits per heavy atom. The molecular formula is C18H23N9O2. The number of fused-ring (bicyclic) bond motifs is 1. The number of nitrogens with one attached hydrogen (secondary N) is 3. The molecule has 11 heteroatoms. The Balaban J connectivity index is 1.69. The van der Waals surface area contributed by atoms with Crippen LogP contribution in [-0.4, -0.2) is 65.9 Å². The molecule has 0 spiro atoms. The number of aromatic amines is 2. The van der Waals surface area contributed by atoms with E-state index < -0.39 is 5.69 Å². The summed E-state index contributed by atoms with van der Waals surface area (Å²) in [6.45, 7) is 5.87. The van der Waals surface area contributed by atoms with Gasteiger partial charge in [-0.1, -0.05) is 0 Å². The van der Waals surface area contributed by atoms with Crippen molar-refractivity contribution in [2.45, 2.75) is 44.8 Å². The Labute approximate surface area is 165 Å². The van der Waals surface area contributed by atoms with Crippen LogP contribution in [0.3, 0.4) is 0 Å².